The zero-order valence-corrected chi connectivity index (χ0v) is 10.6. The van der Waals surface area contributed by atoms with Crippen molar-refractivity contribution in [3.8, 4) is 0 Å². The van der Waals surface area contributed by atoms with E-state index in [0.717, 1.165) is 0 Å². The molecule has 2 rings (SSSR count). The summed E-state index contributed by atoms with van der Waals surface area (Å²) in [4.78, 5) is 11.8. The van der Waals surface area contributed by atoms with Crippen molar-refractivity contribution in [3.05, 3.63) is 29.3 Å². The monoisotopic (exact) mass is 273 g/mol. The van der Waals surface area contributed by atoms with Crippen molar-refractivity contribution in [2.45, 2.75) is 6.42 Å². The van der Waals surface area contributed by atoms with Crippen LogP contribution in [-0.4, -0.2) is 25.8 Å². The molecule has 0 spiro atoms. The van der Waals surface area contributed by atoms with Crippen LogP contribution >= 0.6 is 11.6 Å². The van der Waals surface area contributed by atoms with E-state index in [4.69, 9.17) is 11.6 Å². The van der Waals surface area contributed by atoms with Crippen molar-refractivity contribution in [1.82, 2.24) is 0 Å². The lowest BCUT2D eigenvalue weighted by Gasteiger charge is -2.09. The number of carbonyl (C=O) groups is 1. The van der Waals surface area contributed by atoms with Gasteiger partial charge < -0.3 is 5.32 Å². The number of halogens is 1. The average Bonchev–Trinajstić information content (AvgIpc) is 2.59. The van der Waals surface area contributed by atoms with Gasteiger partial charge in [-0.3, -0.25) is 4.79 Å². The fourth-order valence-electron chi connectivity index (χ4n) is 1.81. The Bertz CT molecular complexity index is 541. The molecule has 0 saturated carbocycles. The number of nitrogens with one attached hydrogen (secondary N) is 1. The second kappa shape index (κ2) is 4.66. The molecular weight excluding hydrogens is 262 g/mol. The Kier molecular flexibility index (Phi) is 3.40. The molecule has 17 heavy (non-hydrogen) atoms. The van der Waals surface area contributed by atoms with Gasteiger partial charge in [0.15, 0.2) is 9.84 Å². The molecule has 0 radical (unpaired) electrons. The van der Waals surface area contributed by atoms with Gasteiger partial charge in [-0.25, -0.2) is 8.42 Å². The van der Waals surface area contributed by atoms with Crippen molar-refractivity contribution >= 4 is 33.0 Å². The van der Waals surface area contributed by atoms with Gasteiger partial charge in [0, 0.05) is 10.7 Å². The molecule has 1 heterocycles. The van der Waals surface area contributed by atoms with Crippen molar-refractivity contribution in [2.24, 2.45) is 5.92 Å². The molecule has 0 aromatic heterocycles. The van der Waals surface area contributed by atoms with Crippen LogP contribution in [0.3, 0.4) is 0 Å². The van der Waals surface area contributed by atoms with Crippen LogP contribution in [0.4, 0.5) is 5.69 Å². The van der Waals surface area contributed by atoms with Gasteiger partial charge in [0.25, 0.3) is 0 Å². The number of hydrogen-bond acceptors (Lipinski definition) is 3. The van der Waals surface area contributed by atoms with Crippen LogP contribution in [0.1, 0.15) is 6.42 Å². The number of benzene rings is 1. The average molecular weight is 274 g/mol. The minimum atomic E-state index is -3.03. The maximum atomic E-state index is 11.8. The first-order chi connectivity index (χ1) is 7.96. The Morgan fingerprint density at radius 3 is 2.76 bits per heavy atom. The molecule has 4 nitrogen and oxygen atoms in total. The van der Waals surface area contributed by atoms with E-state index >= 15 is 0 Å². The number of rotatable bonds is 2. The zero-order valence-electron chi connectivity index (χ0n) is 9.02. The van der Waals surface area contributed by atoms with E-state index in [1.807, 2.05) is 0 Å². The Balaban J connectivity index is 2.03. The summed E-state index contributed by atoms with van der Waals surface area (Å²) in [6.45, 7) is 0. The predicted molar refractivity (Wildman–Crippen MR) is 66.8 cm³/mol. The fourth-order valence-corrected chi connectivity index (χ4v) is 3.74. The first-order valence-corrected chi connectivity index (χ1v) is 7.43. The van der Waals surface area contributed by atoms with Crippen LogP contribution in [0.15, 0.2) is 24.3 Å². The molecule has 92 valence electrons. The highest BCUT2D eigenvalue weighted by atomic mass is 35.5. The number of hydrogen-bond donors (Lipinski definition) is 1. The fraction of sp³-hybridized carbons (Fsp3) is 0.364. The third-order valence-electron chi connectivity index (χ3n) is 2.70. The number of sulfone groups is 1. The van der Waals surface area contributed by atoms with Crippen LogP contribution < -0.4 is 5.32 Å². The molecule has 1 aromatic rings. The van der Waals surface area contributed by atoms with Crippen molar-refractivity contribution in [1.29, 1.82) is 0 Å². The van der Waals surface area contributed by atoms with Crippen molar-refractivity contribution in [2.75, 3.05) is 16.8 Å². The lowest BCUT2D eigenvalue weighted by atomic mass is 10.1. The number of anilines is 1. The summed E-state index contributed by atoms with van der Waals surface area (Å²) in [5.41, 5.74) is 0.590. The van der Waals surface area contributed by atoms with E-state index in [-0.39, 0.29) is 17.4 Å². The summed E-state index contributed by atoms with van der Waals surface area (Å²) in [7, 11) is -3.03. The van der Waals surface area contributed by atoms with Gasteiger partial charge in [0.1, 0.15) is 0 Å². The van der Waals surface area contributed by atoms with E-state index in [1.54, 1.807) is 24.3 Å². The molecule has 0 unspecified atom stereocenters. The molecule has 6 heteroatoms. The first kappa shape index (κ1) is 12.4. The van der Waals surface area contributed by atoms with Gasteiger partial charge in [0.2, 0.25) is 5.91 Å². The Labute approximate surface area is 105 Å². The minimum absolute atomic E-state index is 0.0562. The SMILES string of the molecule is O=C(Nc1cccc(Cl)c1)[C@@H]1CCS(=O)(=O)C1. The Hall–Kier alpha value is -1.07. The van der Waals surface area contributed by atoms with Gasteiger partial charge >= 0.3 is 0 Å². The molecule has 1 aliphatic heterocycles. The highest BCUT2D eigenvalue weighted by molar-refractivity contribution is 7.91. The summed E-state index contributed by atoms with van der Waals surface area (Å²) < 4.78 is 22.5. The molecule has 0 bridgehead atoms. The maximum absolute atomic E-state index is 11.8. The lowest BCUT2D eigenvalue weighted by Crippen LogP contribution is -2.23. The van der Waals surface area contributed by atoms with Gasteiger partial charge in [-0.15, -0.1) is 0 Å². The van der Waals surface area contributed by atoms with Crippen LogP contribution in [0.25, 0.3) is 0 Å². The molecule has 1 saturated heterocycles. The van der Waals surface area contributed by atoms with E-state index < -0.39 is 15.8 Å². The molecule has 1 fully saturated rings. The van der Waals surface area contributed by atoms with E-state index in [1.165, 1.54) is 0 Å². The van der Waals surface area contributed by atoms with Crippen LogP contribution in [-0.2, 0) is 14.6 Å². The molecule has 1 amide bonds. The third kappa shape index (κ3) is 3.20. The number of carbonyl (C=O) groups excluding carboxylic acids is 1. The number of amides is 1. The van der Waals surface area contributed by atoms with Crippen LogP contribution in [0.2, 0.25) is 5.02 Å². The largest absolute Gasteiger partial charge is 0.326 e. The topological polar surface area (TPSA) is 63.2 Å². The lowest BCUT2D eigenvalue weighted by molar-refractivity contribution is -0.119. The van der Waals surface area contributed by atoms with Crippen LogP contribution in [0.5, 0.6) is 0 Å². The Morgan fingerprint density at radius 2 is 2.18 bits per heavy atom. The minimum Gasteiger partial charge on any atom is -0.326 e. The van der Waals surface area contributed by atoms with E-state index in [2.05, 4.69) is 5.32 Å². The molecule has 1 N–H and O–H groups in total. The maximum Gasteiger partial charge on any atom is 0.228 e. The smallest absolute Gasteiger partial charge is 0.228 e. The summed E-state index contributed by atoms with van der Waals surface area (Å²) in [5, 5.41) is 3.20. The van der Waals surface area contributed by atoms with Gasteiger partial charge in [-0.1, -0.05) is 17.7 Å². The highest BCUT2D eigenvalue weighted by Crippen LogP contribution is 2.21. The summed E-state index contributed by atoms with van der Waals surface area (Å²) in [6.07, 6.45) is 0.398. The van der Waals surface area contributed by atoms with E-state index in [0.29, 0.717) is 17.1 Å². The van der Waals surface area contributed by atoms with Gasteiger partial charge in [-0.2, -0.15) is 0 Å². The normalized spacial score (nSPS) is 22.3. The molecule has 1 atom stereocenters. The van der Waals surface area contributed by atoms with E-state index in [9.17, 15) is 13.2 Å². The van der Waals surface area contributed by atoms with Crippen molar-refractivity contribution < 1.29 is 13.2 Å². The molecule has 1 aromatic carbocycles. The highest BCUT2D eigenvalue weighted by Gasteiger charge is 2.32. The standard InChI is InChI=1S/C11H12ClNO3S/c12-9-2-1-3-10(6-9)13-11(14)8-4-5-17(15,16)7-8/h1-3,6,8H,4-5,7H2,(H,13,14)/t8-/m1/s1. The Morgan fingerprint density at radius 1 is 1.41 bits per heavy atom. The van der Waals surface area contributed by atoms with Crippen molar-refractivity contribution in [3.63, 3.8) is 0 Å². The summed E-state index contributed by atoms with van der Waals surface area (Å²) >= 11 is 5.79. The molecular formula is C11H12ClNO3S. The second-order valence-corrected chi connectivity index (χ2v) is 6.76. The predicted octanol–water partition coefficient (Wildman–Crippen LogP) is 1.71. The van der Waals surface area contributed by atoms with Crippen LogP contribution in [0, 0.1) is 5.92 Å². The second-order valence-electron chi connectivity index (χ2n) is 4.10. The quantitative estimate of drug-likeness (QED) is 0.892. The van der Waals surface area contributed by atoms with Gasteiger partial charge in [-0.05, 0) is 24.6 Å². The first-order valence-electron chi connectivity index (χ1n) is 5.23. The molecule has 0 aliphatic carbocycles. The molecule has 1 aliphatic rings. The van der Waals surface area contributed by atoms with Gasteiger partial charge in [0.05, 0.1) is 17.4 Å². The zero-order chi connectivity index (χ0) is 12.5. The third-order valence-corrected chi connectivity index (χ3v) is 4.70. The summed E-state index contributed by atoms with van der Waals surface area (Å²) in [6, 6.07) is 6.77. The summed E-state index contributed by atoms with van der Waals surface area (Å²) in [5.74, 6) is -0.660.